The van der Waals surface area contributed by atoms with Crippen LogP contribution < -0.4 is 10.6 Å². The average Bonchev–Trinajstić information content (AvgIpc) is 2.42. The molecule has 1 rings (SSSR count). The van der Waals surface area contributed by atoms with E-state index in [1.54, 1.807) is 4.90 Å². The predicted octanol–water partition coefficient (Wildman–Crippen LogP) is 1.56. The Morgan fingerprint density at radius 2 is 2.25 bits per heavy atom. The number of hydrogen-bond donors (Lipinski definition) is 1. The molecule has 1 amide bonds. The molecule has 0 spiro atoms. The maximum Gasteiger partial charge on any atom is 0.270 e. The van der Waals surface area contributed by atoms with Crippen LogP contribution in [-0.4, -0.2) is 23.9 Å². The number of anilines is 1. The van der Waals surface area contributed by atoms with Gasteiger partial charge in [-0.3, -0.25) is 14.9 Å². The van der Waals surface area contributed by atoms with Crippen LogP contribution in [0.2, 0.25) is 0 Å². The fraction of sp³-hybridized carbons (Fsp3) is 0.385. The highest BCUT2D eigenvalue weighted by molar-refractivity contribution is 5.80. The highest BCUT2D eigenvalue weighted by atomic mass is 16.6. The van der Waals surface area contributed by atoms with Crippen molar-refractivity contribution in [3.05, 3.63) is 33.9 Å². The Morgan fingerprint density at radius 3 is 2.75 bits per heavy atom. The number of rotatable bonds is 7. The first-order chi connectivity index (χ1) is 9.49. The molecule has 0 aliphatic rings. The first kappa shape index (κ1) is 15.4. The minimum Gasteiger partial charge on any atom is -0.368 e. The topological polar surface area (TPSA) is 113 Å². The summed E-state index contributed by atoms with van der Waals surface area (Å²) < 4.78 is 0. The number of nitro benzene ring substituents is 1. The van der Waals surface area contributed by atoms with Gasteiger partial charge in [-0.05, 0) is 12.5 Å². The van der Waals surface area contributed by atoms with Crippen LogP contribution in [0.4, 0.5) is 11.4 Å². The first-order valence-corrected chi connectivity index (χ1v) is 6.21. The number of carbonyl (C=O) groups is 1. The summed E-state index contributed by atoms with van der Waals surface area (Å²) in [6.07, 6.45) is 1.75. The van der Waals surface area contributed by atoms with Crippen LogP contribution >= 0.6 is 0 Å². The smallest absolute Gasteiger partial charge is 0.270 e. The third-order valence-electron chi connectivity index (χ3n) is 2.78. The SMILES string of the molecule is CCCCN(CC(N)=O)c1ccc([N+](=O)[O-])cc1C#N. The molecule has 0 bridgehead atoms. The van der Waals surface area contributed by atoms with E-state index in [9.17, 15) is 14.9 Å². The van der Waals surface area contributed by atoms with Crippen molar-refractivity contribution in [3.63, 3.8) is 0 Å². The lowest BCUT2D eigenvalue weighted by Gasteiger charge is -2.24. The molecule has 0 fully saturated rings. The van der Waals surface area contributed by atoms with Crippen molar-refractivity contribution in [1.29, 1.82) is 5.26 Å². The zero-order valence-electron chi connectivity index (χ0n) is 11.2. The number of nitrogens with zero attached hydrogens (tertiary/aromatic N) is 3. The van der Waals surface area contributed by atoms with Crippen molar-refractivity contribution in [1.82, 2.24) is 0 Å². The third-order valence-corrected chi connectivity index (χ3v) is 2.78. The van der Waals surface area contributed by atoms with Gasteiger partial charge in [-0.25, -0.2) is 0 Å². The molecular weight excluding hydrogens is 260 g/mol. The number of hydrogen-bond acceptors (Lipinski definition) is 5. The van der Waals surface area contributed by atoms with E-state index in [0.29, 0.717) is 12.2 Å². The van der Waals surface area contributed by atoms with Crippen LogP contribution in [0.3, 0.4) is 0 Å². The Hall–Kier alpha value is -2.62. The lowest BCUT2D eigenvalue weighted by molar-refractivity contribution is -0.384. The molecule has 0 radical (unpaired) electrons. The molecule has 0 aliphatic heterocycles. The van der Waals surface area contributed by atoms with E-state index in [1.165, 1.54) is 18.2 Å². The van der Waals surface area contributed by atoms with Crippen molar-refractivity contribution in [2.45, 2.75) is 19.8 Å². The van der Waals surface area contributed by atoms with E-state index in [4.69, 9.17) is 11.0 Å². The largest absolute Gasteiger partial charge is 0.368 e. The summed E-state index contributed by atoms with van der Waals surface area (Å²) in [6.45, 7) is 2.54. The summed E-state index contributed by atoms with van der Waals surface area (Å²) in [5.41, 5.74) is 5.70. The van der Waals surface area contributed by atoms with Crippen LogP contribution in [-0.2, 0) is 4.79 Å². The Balaban J connectivity index is 3.15. The Morgan fingerprint density at radius 1 is 1.55 bits per heavy atom. The number of nitro groups is 1. The predicted molar refractivity (Wildman–Crippen MR) is 74.1 cm³/mol. The maximum atomic E-state index is 11.1. The standard InChI is InChI=1S/C13H16N4O3/c1-2-3-6-16(9-13(15)18)12-5-4-11(17(19)20)7-10(12)8-14/h4-5,7H,2-3,6,9H2,1H3,(H2,15,18). The van der Waals surface area contributed by atoms with Crippen molar-refractivity contribution in [2.75, 3.05) is 18.0 Å². The minimum absolute atomic E-state index is 0.0213. The second kappa shape index (κ2) is 7.09. The van der Waals surface area contributed by atoms with Gasteiger partial charge in [-0.1, -0.05) is 13.3 Å². The molecule has 20 heavy (non-hydrogen) atoms. The molecule has 0 atom stereocenters. The van der Waals surface area contributed by atoms with E-state index < -0.39 is 10.8 Å². The third kappa shape index (κ3) is 3.95. The fourth-order valence-electron chi connectivity index (χ4n) is 1.82. The summed E-state index contributed by atoms with van der Waals surface area (Å²) in [7, 11) is 0. The summed E-state index contributed by atoms with van der Waals surface area (Å²) in [5.74, 6) is -0.511. The molecule has 0 saturated heterocycles. The van der Waals surface area contributed by atoms with E-state index >= 15 is 0 Å². The highest BCUT2D eigenvalue weighted by Gasteiger charge is 2.16. The number of nitriles is 1. The van der Waals surface area contributed by atoms with Gasteiger partial charge in [0.1, 0.15) is 6.07 Å². The Kier molecular flexibility index (Phi) is 5.47. The molecule has 106 valence electrons. The number of nitrogens with two attached hydrogens (primary N) is 1. The van der Waals surface area contributed by atoms with E-state index in [2.05, 4.69) is 0 Å². The van der Waals surface area contributed by atoms with Gasteiger partial charge in [0.05, 0.1) is 22.7 Å². The van der Waals surface area contributed by atoms with Gasteiger partial charge in [0.2, 0.25) is 5.91 Å². The molecule has 1 aromatic carbocycles. The van der Waals surface area contributed by atoms with Gasteiger partial charge >= 0.3 is 0 Å². The first-order valence-electron chi connectivity index (χ1n) is 6.21. The quantitative estimate of drug-likeness (QED) is 0.599. The number of non-ortho nitro benzene ring substituents is 1. The monoisotopic (exact) mass is 276 g/mol. The Labute approximate surface area is 116 Å². The molecule has 0 unspecified atom stereocenters. The number of carbonyl (C=O) groups excluding carboxylic acids is 1. The number of amides is 1. The van der Waals surface area contributed by atoms with E-state index in [-0.39, 0.29) is 17.8 Å². The van der Waals surface area contributed by atoms with Gasteiger partial charge in [0.15, 0.2) is 0 Å². The fourth-order valence-corrected chi connectivity index (χ4v) is 1.82. The lowest BCUT2D eigenvalue weighted by Crippen LogP contribution is -2.35. The molecule has 0 heterocycles. The summed E-state index contributed by atoms with van der Waals surface area (Å²) in [5, 5.41) is 19.8. The number of benzene rings is 1. The van der Waals surface area contributed by atoms with Gasteiger partial charge < -0.3 is 10.6 Å². The van der Waals surface area contributed by atoms with Crippen LogP contribution in [0, 0.1) is 21.4 Å². The van der Waals surface area contributed by atoms with Crippen LogP contribution in [0.5, 0.6) is 0 Å². The normalized spacial score (nSPS) is 9.80. The molecule has 0 aliphatic carbocycles. The van der Waals surface area contributed by atoms with E-state index in [1.807, 2.05) is 13.0 Å². The second-order valence-corrected chi connectivity index (χ2v) is 4.31. The molecule has 7 heteroatoms. The maximum absolute atomic E-state index is 11.1. The van der Waals surface area contributed by atoms with E-state index in [0.717, 1.165) is 12.8 Å². The Bertz CT molecular complexity index is 551. The molecule has 2 N–H and O–H groups in total. The van der Waals surface area contributed by atoms with Crippen molar-refractivity contribution in [2.24, 2.45) is 5.73 Å². The molecule has 0 aromatic heterocycles. The zero-order chi connectivity index (χ0) is 15.1. The summed E-state index contributed by atoms with van der Waals surface area (Å²) in [6, 6.07) is 5.92. The van der Waals surface area contributed by atoms with Crippen LogP contribution in [0.15, 0.2) is 18.2 Å². The summed E-state index contributed by atoms with van der Waals surface area (Å²) >= 11 is 0. The molecule has 1 aromatic rings. The second-order valence-electron chi connectivity index (χ2n) is 4.31. The molecule has 7 nitrogen and oxygen atoms in total. The number of primary amides is 1. The van der Waals surface area contributed by atoms with Gasteiger partial charge in [0, 0.05) is 18.7 Å². The van der Waals surface area contributed by atoms with Crippen molar-refractivity contribution in [3.8, 4) is 6.07 Å². The molecular formula is C13H16N4O3. The lowest BCUT2D eigenvalue weighted by atomic mass is 10.1. The zero-order valence-corrected chi connectivity index (χ0v) is 11.2. The van der Waals surface area contributed by atoms with Crippen molar-refractivity contribution < 1.29 is 9.72 Å². The van der Waals surface area contributed by atoms with Gasteiger partial charge in [-0.15, -0.1) is 0 Å². The van der Waals surface area contributed by atoms with Crippen LogP contribution in [0.1, 0.15) is 25.3 Å². The van der Waals surface area contributed by atoms with Crippen LogP contribution in [0.25, 0.3) is 0 Å². The van der Waals surface area contributed by atoms with Gasteiger partial charge in [-0.2, -0.15) is 5.26 Å². The average molecular weight is 276 g/mol. The molecule has 0 saturated carbocycles. The highest BCUT2D eigenvalue weighted by Crippen LogP contribution is 2.25. The minimum atomic E-state index is -0.560. The number of unbranched alkanes of at least 4 members (excludes halogenated alkanes) is 1. The van der Waals surface area contributed by atoms with Crippen molar-refractivity contribution >= 4 is 17.3 Å². The summed E-state index contributed by atoms with van der Waals surface area (Å²) in [4.78, 5) is 22.9. The van der Waals surface area contributed by atoms with Gasteiger partial charge in [0.25, 0.3) is 5.69 Å².